The highest BCUT2D eigenvalue weighted by Gasteiger charge is 2.28. The number of anilines is 1. The molecule has 0 saturated carbocycles. The summed E-state index contributed by atoms with van der Waals surface area (Å²) < 4.78 is 5.30. The van der Waals surface area contributed by atoms with E-state index in [1.807, 2.05) is 32.9 Å². The van der Waals surface area contributed by atoms with Crippen LogP contribution in [0.3, 0.4) is 0 Å². The number of piperidine rings is 1. The summed E-state index contributed by atoms with van der Waals surface area (Å²) in [7, 11) is 0. The van der Waals surface area contributed by atoms with E-state index >= 15 is 0 Å². The van der Waals surface area contributed by atoms with Gasteiger partial charge in [-0.05, 0) is 52.7 Å². The van der Waals surface area contributed by atoms with Gasteiger partial charge < -0.3 is 15.0 Å². The molecule has 7 nitrogen and oxygen atoms in total. The van der Waals surface area contributed by atoms with E-state index in [0.29, 0.717) is 5.69 Å². The van der Waals surface area contributed by atoms with Crippen LogP contribution in [0.4, 0.5) is 10.6 Å². The molecule has 1 fully saturated rings. The first kappa shape index (κ1) is 17.0. The van der Waals surface area contributed by atoms with E-state index in [9.17, 15) is 4.79 Å². The van der Waals surface area contributed by atoms with Crippen LogP contribution in [0.25, 0.3) is 0 Å². The molecule has 124 valence electrons. The zero-order valence-electron chi connectivity index (χ0n) is 14.0. The number of carbonyl (C=O) groups excluding carboxylic acids is 1. The van der Waals surface area contributed by atoms with Crippen molar-refractivity contribution in [2.75, 3.05) is 11.4 Å². The third kappa shape index (κ3) is 4.81. The fourth-order valence-electron chi connectivity index (χ4n) is 2.66. The molecule has 2 rings (SSSR count). The van der Waals surface area contributed by atoms with Gasteiger partial charge in [-0.3, -0.25) is 0 Å². The lowest BCUT2D eigenvalue weighted by atomic mass is 9.98. The van der Waals surface area contributed by atoms with Gasteiger partial charge in [0.2, 0.25) is 0 Å². The number of hydrogen-bond acceptors (Lipinski definition) is 6. The second kappa shape index (κ2) is 6.82. The number of nitrogens with one attached hydrogen (secondary N) is 1. The van der Waals surface area contributed by atoms with Crippen LogP contribution < -0.4 is 10.2 Å². The number of alkyl carbamates (subject to hydrolysis) is 1. The molecule has 2 heterocycles. The summed E-state index contributed by atoms with van der Waals surface area (Å²) in [6.07, 6.45) is 1.24. The van der Waals surface area contributed by atoms with E-state index in [4.69, 9.17) is 10.00 Å². The largest absolute Gasteiger partial charge is 0.444 e. The second-order valence-electron chi connectivity index (χ2n) is 6.80. The summed E-state index contributed by atoms with van der Waals surface area (Å²) in [5, 5.41) is 19.7. The van der Waals surface area contributed by atoms with Crippen LogP contribution in [0.15, 0.2) is 12.1 Å². The maximum Gasteiger partial charge on any atom is 0.407 e. The first-order valence-electron chi connectivity index (χ1n) is 7.78. The predicted octanol–water partition coefficient (Wildman–Crippen LogP) is 2.23. The Morgan fingerprint density at radius 1 is 1.43 bits per heavy atom. The van der Waals surface area contributed by atoms with Crippen LogP contribution in [0.5, 0.6) is 0 Å². The van der Waals surface area contributed by atoms with Crippen molar-refractivity contribution in [2.45, 2.75) is 58.2 Å². The van der Waals surface area contributed by atoms with Crippen molar-refractivity contribution in [1.82, 2.24) is 15.5 Å². The molecular weight excluding hydrogens is 294 g/mol. The summed E-state index contributed by atoms with van der Waals surface area (Å²) in [5.74, 6) is 0.757. The van der Waals surface area contributed by atoms with E-state index in [1.165, 1.54) is 0 Å². The molecule has 1 aromatic heterocycles. The van der Waals surface area contributed by atoms with Gasteiger partial charge in [0.15, 0.2) is 11.5 Å². The summed E-state index contributed by atoms with van der Waals surface area (Å²) in [5.41, 5.74) is -0.183. The molecule has 0 aliphatic carbocycles. The highest BCUT2D eigenvalue weighted by Crippen LogP contribution is 2.23. The van der Waals surface area contributed by atoms with Crippen LogP contribution in [0.2, 0.25) is 0 Å². The van der Waals surface area contributed by atoms with E-state index < -0.39 is 5.60 Å². The average molecular weight is 317 g/mol. The SMILES string of the molecule is CC1CC(NC(=O)OC(C)(C)C)CCN1c1ccc(C#N)nn1. The first-order valence-corrected chi connectivity index (χ1v) is 7.78. The molecule has 1 aliphatic heterocycles. The zero-order chi connectivity index (χ0) is 17.0. The fourth-order valence-corrected chi connectivity index (χ4v) is 2.66. The molecule has 0 radical (unpaired) electrons. The van der Waals surface area contributed by atoms with E-state index in [-0.39, 0.29) is 18.2 Å². The molecule has 0 spiro atoms. The molecule has 1 aromatic rings. The minimum absolute atomic E-state index is 0.0856. The number of aromatic nitrogens is 2. The Hall–Kier alpha value is -2.36. The molecule has 2 atom stereocenters. The van der Waals surface area contributed by atoms with Gasteiger partial charge in [0.25, 0.3) is 0 Å². The Bertz CT molecular complexity index is 588. The van der Waals surface area contributed by atoms with Crippen molar-refractivity contribution in [1.29, 1.82) is 5.26 Å². The van der Waals surface area contributed by atoms with Crippen LogP contribution in [-0.2, 0) is 4.74 Å². The van der Waals surface area contributed by atoms with Crippen molar-refractivity contribution in [3.8, 4) is 6.07 Å². The summed E-state index contributed by atoms with van der Waals surface area (Å²) >= 11 is 0. The number of carbonyl (C=O) groups is 1. The van der Waals surface area contributed by atoms with Crippen LogP contribution >= 0.6 is 0 Å². The fraction of sp³-hybridized carbons (Fsp3) is 0.625. The highest BCUT2D eigenvalue weighted by atomic mass is 16.6. The molecular formula is C16H23N5O2. The molecule has 2 unspecified atom stereocenters. The molecule has 1 aliphatic rings. The minimum atomic E-state index is -0.492. The number of nitriles is 1. The van der Waals surface area contributed by atoms with E-state index in [1.54, 1.807) is 6.07 Å². The number of ether oxygens (including phenoxy) is 1. The van der Waals surface area contributed by atoms with Gasteiger partial charge in [-0.25, -0.2) is 4.79 Å². The van der Waals surface area contributed by atoms with Gasteiger partial charge in [0, 0.05) is 18.6 Å². The quantitative estimate of drug-likeness (QED) is 0.899. The first-order chi connectivity index (χ1) is 10.8. The van der Waals surface area contributed by atoms with Crippen LogP contribution in [0.1, 0.15) is 46.2 Å². The Morgan fingerprint density at radius 3 is 2.70 bits per heavy atom. The van der Waals surface area contributed by atoms with Gasteiger partial charge in [-0.15, -0.1) is 10.2 Å². The van der Waals surface area contributed by atoms with Crippen LogP contribution in [-0.4, -0.2) is 40.5 Å². The predicted molar refractivity (Wildman–Crippen MR) is 85.9 cm³/mol. The summed E-state index contributed by atoms with van der Waals surface area (Å²) in [6.45, 7) is 8.40. The third-order valence-corrected chi connectivity index (χ3v) is 3.66. The van der Waals surface area contributed by atoms with Gasteiger partial charge in [0.1, 0.15) is 11.7 Å². The number of rotatable bonds is 2. The Kier molecular flexibility index (Phi) is 5.04. The van der Waals surface area contributed by atoms with E-state index in [2.05, 4.69) is 27.3 Å². The molecule has 1 amide bonds. The second-order valence-corrected chi connectivity index (χ2v) is 6.80. The summed E-state index contributed by atoms with van der Waals surface area (Å²) in [4.78, 5) is 14.0. The molecule has 0 aromatic carbocycles. The normalized spacial score (nSPS) is 21.4. The highest BCUT2D eigenvalue weighted by molar-refractivity contribution is 5.68. The Balaban J connectivity index is 1.92. The number of hydrogen-bond donors (Lipinski definition) is 1. The molecule has 1 saturated heterocycles. The zero-order valence-corrected chi connectivity index (χ0v) is 14.0. The van der Waals surface area contributed by atoms with Crippen molar-refractivity contribution in [3.63, 3.8) is 0 Å². The van der Waals surface area contributed by atoms with E-state index in [0.717, 1.165) is 25.2 Å². The van der Waals surface area contributed by atoms with Crippen LogP contribution in [0, 0.1) is 11.3 Å². The van der Waals surface area contributed by atoms with Gasteiger partial charge in [-0.1, -0.05) is 0 Å². The molecule has 0 bridgehead atoms. The average Bonchev–Trinajstić information content (AvgIpc) is 2.45. The Morgan fingerprint density at radius 2 is 2.17 bits per heavy atom. The molecule has 1 N–H and O–H groups in total. The lowest BCUT2D eigenvalue weighted by molar-refractivity contribution is 0.0494. The lowest BCUT2D eigenvalue weighted by Crippen LogP contribution is -2.50. The maximum absolute atomic E-state index is 11.9. The van der Waals surface area contributed by atoms with Gasteiger partial charge in [0.05, 0.1) is 0 Å². The molecule has 23 heavy (non-hydrogen) atoms. The monoisotopic (exact) mass is 317 g/mol. The van der Waals surface area contributed by atoms with Crippen molar-refractivity contribution in [2.24, 2.45) is 0 Å². The molecule has 7 heteroatoms. The summed E-state index contributed by atoms with van der Waals surface area (Å²) in [6, 6.07) is 5.74. The van der Waals surface area contributed by atoms with Crippen molar-refractivity contribution in [3.05, 3.63) is 17.8 Å². The number of nitrogens with zero attached hydrogens (tertiary/aromatic N) is 4. The van der Waals surface area contributed by atoms with Crippen molar-refractivity contribution >= 4 is 11.9 Å². The standard InChI is InChI=1S/C16H23N5O2/c1-11-9-12(18-15(22)23-16(2,3)4)7-8-21(11)14-6-5-13(10-17)19-20-14/h5-6,11-12H,7-9H2,1-4H3,(H,18,22). The topological polar surface area (TPSA) is 91.1 Å². The third-order valence-electron chi connectivity index (χ3n) is 3.66. The lowest BCUT2D eigenvalue weighted by Gasteiger charge is -2.38. The number of amides is 1. The minimum Gasteiger partial charge on any atom is -0.444 e. The Labute approximate surface area is 136 Å². The van der Waals surface area contributed by atoms with Gasteiger partial charge in [-0.2, -0.15) is 5.26 Å². The maximum atomic E-state index is 11.9. The van der Waals surface area contributed by atoms with Gasteiger partial charge >= 0.3 is 6.09 Å². The van der Waals surface area contributed by atoms with Crippen molar-refractivity contribution < 1.29 is 9.53 Å². The smallest absolute Gasteiger partial charge is 0.407 e.